The Labute approximate surface area is 119 Å². The fourth-order valence-corrected chi connectivity index (χ4v) is 2.20. The largest absolute Gasteiger partial charge is 0.339 e. The molecule has 0 bridgehead atoms. The summed E-state index contributed by atoms with van der Waals surface area (Å²) in [5.74, 6) is 5.85. The number of pyridine rings is 1. The molecule has 1 heterocycles. The highest BCUT2D eigenvalue weighted by atomic mass is 32.2. The van der Waals surface area contributed by atoms with Gasteiger partial charge in [0.25, 0.3) is 5.69 Å². The van der Waals surface area contributed by atoms with E-state index in [0.717, 1.165) is 10.6 Å². The van der Waals surface area contributed by atoms with Crippen LogP contribution in [0.15, 0.2) is 41.3 Å². The van der Waals surface area contributed by atoms with E-state index >= 15 is 0 Å². The lowest BCUT2D eigenvalue weighted by Crippen LogP contribution is -2.10. The number of nitrogen functional groups attached to an aromatic ring is 1. The minimum atomic E-state index is -0.492. The van der Waals surface area contributed by atoms with E-state index in [1.54, 1.807) is 11.8 Å². The summed E-state index contributed by atoms with van der Waals surface area (Å²) < 4.78 is 0. The molecule has 104 valence electrons. The SMILES string of the molecule is CSc1ccccc1Nc1cc([N+](=O)[O-])cc(NN)n1. The van der Waals surface area contributed by atoms with Crippen LogP contribution < -0.4 is 16.6 Å². The van der Waals surface area contributed by atoms with Gasteiger partial charge in [0.1, 0.15) is 11.6 Å². The smallest absolute Gasteiger partial charge is 0.276 e. The van der Waals surface area contributed by atoms with E-state index in [9.17, 15) is 10.1 Å². The van der Waals surface area contributed by atoms with Gasteiger partial charge in [0, 0.05) is 4.90 Å². The van der Waals surface area contributed by atoms with Crippen molar-refractivity contribution in [2.45, 2.75) is 4.90 Å². The van der Waals surface area contributed by atoms with Crippen LogP contribution in [0.1, 0.15) is 0 Å². The van der Waals surface area contributed by atoms with E-state index in [1.807, 2.05) is 30.5 Å². The van der Waals surface area contributed by atoms with Crippen molar-refractivity contribution in [1.29, 1.82) is 0 Å². The van der Waals surface area contributed by atoms with Gasteiger partial charge in [-0.25, -0.2) is 10.8 Å². The van der Waals surface area contributed by atoms with Crippen molar-refractivity contribution in [3.63, 3.8) is 0 Å². The molecule has 4 N–H and O–H groups in total. The Kier molecular flexibility index (Phi) is 4.38. The summed E-state index contributed by atoms with van der Waals surface area (Å²) >= 11 is 1.57. The Morgan fingerprint density at radius 3 is 2.65 bits per heavy atom. The third-order valence-corrected chi connectivity index (χ3v) is 3.33. The summed E-state index contributed by atoms with van der Waals surface area (Å²) in [7, 11) is 0. The number of nitrogens with zero attached hydrogens (tertiary/aromatic N) is 2. The van der Waals surface area contributed by atoms with E-state index in [1.165, 1.54) is 12.1 Å². The van der Waals surface area contributed by atoms with Gasteiger partial charge in [-0.3, -0.25) is 10.1 Å². The quantitative estimate of drug-likeness (QED) is 0.336. The number of hydrogen-bond acceptors (Lipinski definition) is 7. The summed E-state index contributed by atoms with van der Waals surface area (Å²) in [5.41, 5.74) is 3.06. The van der Waals surface area contributed by atoms with Crippen LogP contribution in [0.3, 0.4) is 0 Å². The van der Waals surface area contributed by atoms with Gasteiger partial charge in [0.2, 0.25) is 0 Å². The molecule has 8 heteroatoms. The van der Waals surface area contributed by atoms with Gasteiger partial charge in [-0.2, -0.15) is 0 Å². The second-order valence-electron chi connectivity index (χ2n) is 3.82. The van der Waals surface area contributed by atoms with Gasteiger partial charge in [-0.1, -0.05) is 12.1 Å². The zero-order valence-corrected chi connectivity index (χ0v) is 11.5. The highest BCUT2D eigenvalue weighted by Crippen LogP contribution is 2.29. The maximum atomic E-state index is 10.9. The lowest BCUT2D eigenvalue weighted by molar-refractivity contribution is -0.384. The normalized spacial score (nSPS) is 10.1. The Morgan fingerprint density at radius 1 is 1.30 bits per heavy atom. The average Bonchev–Trinajstić information content (AvgIpc) is 2.47. The molecule has 0 amide bonds. The molecular formula is C12H13N5O2S. The Morgan fingerprint density at radius 2 is 2.00 bits per heavy atom. The molecule has 7 nitrogen and oxygen atoms in total. The fourth-order valence-electron chi connectivity index (χ4n) is 1.65. The molecule has 2 aromatic rings. The zero-order chi connectivity index (χ0) is 14.5. The molecule has 0 saturated carbocycles. The van der Waals surface area contributed by atoms with Crippen LogP contribution in [0.5, 0.6) is 0 Å². The number of thioether (sulfide) groups is 1. The number of hydrogen-bond donors (Lipinski definition) is 3. The number of aromatic nitrogens is 1. The van der Waals surface area contributed by atoms with Crippen molar-refractivity contribution >= 4 is 34.8 Å². The van der Waals surface area contributed by atoms with E-state index < -0.39 is 4.92 Å². The maximum Gasteiger partial charge on any atom is 0.276 e. The summed E-state index contributed by atoms with van der Waals surface area (Å²) in [6, 6.07) is 10.3. The van der Waals surface area contributed by atoms with Crippen molar-refractivity contribution in [2.24, 2.45) is 5.84 Å². The first-order chi connectivity index (χ1) is 9.63. The molecule has 20 heavy (non-hydrogen) atoms. The predicted octanol–water partition coefficient (Wildman–Crippen LogP) is 2.74. The van der Waals surface area contributed by atoms with Crippen LogP contribution in [0, 0.1) is 10.1 Å². The van der Waals surface area contributed by atoms with Gasteiger partial charge in [-0.15, -0.1) is 11.8 Å². The molecule has 0 fully saturated rings. The number of hydrazine groups is 1. The maximum absolute atomic E-state index is 10.9. The minimum Gasteiger partial charge on any atom is -0.339 e. The van der Waals surface area contributed by atoms with Crippen molar-refractivity contribution in [1.82, 2.24) is 4.98 Å². The second kappa shape index (κ2) is 6.22. The van der Waals surface area contributed by atoms with Crippen LogP contribution >= 0.6 is 11.8 Å². The summed E-state index contributed by atoms with van der Waals surface area (Å²) in [6.45, 7) is 0. The summed E-state index contributed by atoms with van der Waals surface area (Å²) in [4.78, 5) is 15.5. The molecule has 2 rings (SSSR count). The monoisotopic (exact) mass is 291 g/mol. The van der Waals surface area contributed by atoms with Crippen LogP contribution in [-0.2, 0) is 0 Å². The highest BCUT2D eigenvalue weighted by molar-refractivity contribution is 7.98. The van der Waals surface area contributed by atoms with Gasteiger partial charge < -0.3 is 10.7 Å². The number of para-hydroxylation sites is 1. The second-order valence-corrected chi connectivity index (χ2v) is 4.67. The van der Waals surface area contributed by atoms with Gasteiger partial charge in [-0.05, 0) is 18.4 Å². The van der Waals surface area contributed by atoms with Crippen molar-refractivity contribution in [2.75, 3.05) is 17.0 Å². The molecule has 0 aliphatic carbocycles. The number of rotatable bonds is 5. The number of anilines is 3. The first-order valence-electron chi connectivity index (χ1n) is 5.67. The third-order valence-electron chi connectivity index (χ3n) is 2.54. The van der Waals surface area contributed by atoms with E-state index in [4.69, 9.17) is 5.84 Å². The van der Waals surface area contributed by atoms with Crippen molar-refractivity contribution < 1.29 is 4.92 Å². The Bertz CT molecular complexity index is 635. The van der Waals surface area contributed by atoms with Gasteiger partial charge in [0.15, 0.2) is 0 Å². The molecule has 0 aliphatic heterocycles. The average molecular weight is 291 g/mol. The Hall–Kier alpha value is -2.32. The van der Waals surface area contributed by atoms with Crippen molar-refractivity contribution in [3.05, 3.63) is 46.5 Å². The molecule has 0 atom stereocenters. The topological polar surface area (TPSA) is 106 Å². The molecule has 0 aliphatic rings. The molecule has 0 saturated heterocycles. The lowest BCUT2D eigenvalue weighted by atomic mass is 10.3. The first kappa shape index (κ1) is 14.1. The first-order valence-corrected chi connectivity index (χ1v) is 6.89. The fraction of sp³-hybridized carbons (Fsp3) is 0.0833. The van der Waals surface area contributed by atoms with Crippen LogP contribution in [0.2, 0.25) is 0 Å². The standard InChI is InChI=1S/C12H13N5O2S/c1-20-10-5-3-2-4-9(10)14-11-6-8(17(18)19)7-12(15-11)16-13/h2-7H,13H2,1H3,(H2,14,15,16). The lowest BCUT2D eigenvalue weighted by Gasteiger charge is -2.10. The van der Waals surface area contributed by atoms with Crippen LogP contribution in [0.25, 0.3) is 0 Å². The molecule has 1 aromatic carbocycles. The molecule has 0 spiro atoms. The van der Waals surface area contributed by atoms with E-state index in [-0.39, 0.29) is 11.5 Å². The zero-order valence-electron chi connectivity index (χ0n) is 10.7. The minimum absolute atomic E-state index is 0.0860. The highest BCUT2D eigenvalue weighted by Gasteiger charge is 2.11. The van der Waals surface area contributed by atoms with Gasteiger partial charge >= 0.3 is 0 Å². The van der Waals surface area contributed by atoms with Gasteiger partial charge in [0.05, 0.1) is 22.7 Å². The van der Waals surface area contributed by atoms with Crippen molar-refractivity contribution in [3.8, 4) is 0 Å². The third kappa shape index (κ3) is 3.16. The number of nitro groups is 1. The molecule has 1 aromatic heterocycles. The van der Waals surface area contributed by atoms with Crippen LogP contribution in [0.4, 0.5) is 23.0 Å². The predicted molar refractivity (Wildman–Crippen MR) is 80.2 cm³/mol. The number of benzene rings is 1. The van der Waals surface area contributed by atoms with Crippen LogP contribution in [-0.4, -0.2) is 16.2 Å². The van der Waals surface area contributed by atoms with E-state index in [2.05, 4.69) is 15.7 Å². The molecule has 0 unspecified atom stereocenters. The Balaban J connectivity index is 2.37. The number of nitrogens with two attached hydrogens (primary N) is 1. The van der Waals surface area contributed by atoms with E-state index in [0.29, 0.717) is 5.82 Å². The molecular weight excluding hydrogens is 278 g/mol. The number of nitrogens with one attached hydrogen (secondary N) is 2. The summed E-state index contributed by atoms with van der Waals surface area (Å²) in [5, 5.41) is 13.9. The molecule has 0 radical (unpaired) electrons. The summed E-state index contributed by atoms with van der Waals surface area (Å²) in [6.07, 6.45) is 1.95.